The van der Waals surface area contributed by atoms with Gasteiger partial charge in [-0.1, -0.05) is 18.2 Å². The van der Waals surface area contributed by atoms with Gasteiger partial charge in [0.15, 0.2) is 0 Å². The number of hydrogen-bond donors (Lipinski definition) is 0. The van der Waals surface area contributed by atoms with Gasteiger partial charge in [-0.3, -0.25) is 0 Å². The van der Waals surface area contributed by atoms with Crippen molar-refractivity contribution in [2.75, 3.05) is 0 Å². The van der Waals surface area contributed by atoms with Gasteiger partial charge >= 0.3 is 0 Å². The molecule has 0 unspecified atom stereocenters. The van der Waals surface area contributed by atoms with E-state index in [1.54, 1.807) is 6.26 Å². The molecule has 76 valence electrons. The molecule has 4 aromatic rings. The average molecular weight is 208 g/mol. The molecule has 2 heteroatoms. The van der Waals surface area contributed by atoms with E-state index in [0.29, 0.717) is 0 Å². The summed E-state index contributed by atoms with van der Waals surface area (Å²) in [6, 6.07) is 14.0. The molecule has 0 atom stereocenters. The number of fused-ring (bicyclic) bond motifs is 5. The predicted octanol–water partition coefficient (Wildman–Crippen LogP) is 4.33. The number of rotatable bonds is 0. The fourth-order valence-corrected chi connectivity index (χ4v) is 2.24. The standard InChI is InChI=1S/C14H8O2/c1-2-4-11-10(3-1)13-12(16-11)6-5-9-7-8-15-14(9)13/h1-8H. The van der Waals surface area contributed by atoms with Crippen molar-refractivity contribution in [2.45, 2.75) is 0 Å². The Morgan fingerprint density at radius 2 is 1.75 bits per heavy atom. The molecule has 0 amide bonds. The van der Waals surface area contributed by atoms with E-state index in [4.69, 9.17) is 8.83 Å². The largest absolute Gasteiger partial charge is 0.464 e. The molecule has 4 rings (SSSR count). The van der Waals surface area contributed by atoms with Crippen molar-refractivity contribution >= 4 is 32.9 Å². The molecule has 2 nitrogen and oxygen atoms in total. The van der Waals surface area contributed by atoms with Crippen LogP contribution in [0.25, 0.3) is 32.9 Å². The van der Waals surface area contributed by atoms with Gasteiger partial charge < -0.3 is 8.83 Å². The van der Waals surface area contributed by atoms with E-state index in [-0.39, 0.29) is 0 Å². The van der Waals surface area contributed by atoms with E-state index in [1.807, 2.05) is 36.4 Å². The summed E-state index contributed by atoms with van der Waals surface area (Å²) in [6.07, 6.45) is 1.71. The molecule has 2 aromatic heterocycles. The lowest BCUT2D eigenvalue weighted by Crippen LogP contribution is -1.67. The van der Waals surface area contributed by atoms with Crippen LogP contribution in [0, 0.1) is 0 Å². The highest BCUT2D eigenvalue weighted by Gasteiger charge is 2.11. The Kier molecular flexibility index (Phi) is 1.33. The summed E-state index contributed by atoms with van der Waals surface area (Å²) >= 11 is 0. The topological polar surface area (TPSA) is 26.3 Å². The van der Waals surface area contributed by atoms with Crippen molar-refractivity contribution in [3.63, 3.8) is 0 Å². The molecule has 2 aromatic carbocycles. The van der Waals surface area contributed by atoms with Crippen LogP contribution in [-0.2, 0) is 0 Å². The Hall–Kier alpha value is -2.22. The monoisotopic (exact) mass is 208 g/mol. The maximum atomic E-state index is 5.77. The van der Waals surface area contributed by atoms with E-state index >= 15 is 0 Å². The number of hydrogen-bond acceptors (Lipinski definition) is 2. The summed E-state index contributed by atoms with van der Waals surface area (Å²) in [5.41, 5.74) is 2.69. The zero-order valence-electron chi connectivity index (χ0n) is 8.44. The van der Waals surface area contributed by atoms with Gasteiger partial charge in [0.1, 0.15) is 16.7 Å². The lowest BCUT2D eigenvalue weighted by molar-refractivity contribution is 0.618. The van der Waals surface area contributed by atoms with Gasteiger partial charge in [0.25, 0.3) is 0 Å². The first-order valence-corrected chi connectivity index (χ1v) is 5.21. The molecule has 0 aliphatic heterocycles. The Balaban J connectivity index is 2.42. The average Bonchev–Trinajstić information content (AvgIpc) is 2.91. The third kappa shape index (κ3) is 0.865. The summed E-state index contributed by atoms with van der Waals surface area (Å²) < 4.78 is 11.3. The molecule has 0 bridgehead atoms. The van der Waals surface area contributed by atoms with Gasteiger partial charge in [-0.15, -0.1) is 0 Å². The third-order valence-corrected chi connectivity index (χ3v) is 2.96. The fourth-order valence-electron chi connectivity index (χ4n) is 2.24. The van der Waals surface area contributed by atoms with Crippen LogP contribution in [0.1, 0.15) is 0 Å². The molecule has 0 spiro atoms. The van der Waals surface area contributed by atoms with Crippen LogP contribution in [0.15, 0.2) is 57.6 Å². The molecule has 0 saturated carbocycles. The Bertz CT molecular complexity index is 805. The smallest absolute Gasteiger partial charge is 0.145 e. The minimum atomic E-state index is 0.878. The predicted molar refractivity (Wildman–Crippen MR) is 63.5 cm³/mol. The van der Waals surface area contributed by atoms with Crippen LogP contribution in [0.4, 0.5) is 0 Å². The van der Waals surface area contributed by atoms with Crippen LogP contribution in [-0.4, -0.2) is 0 Å². The van der Waals surface area contributed by atoms with Crippen LogP contribution in [0.5, 0.6) is 0 Å². The van der Waals surface area contributed by atoms with Crippen LogP contribution < -0.4 is 0 Å². The maximum Gasteiger partial charge on any atom is 0.145 e. The van der Waals surface area contributed by atoms with Crippen molar-refractivity contribution in [3.8, 4) is 0 Å². The first-order valence-electron chi connectivity index (χ1n) is 5.21. The van der Waals surface area contributed by atoms with Gasteiger partial charge in [0.05, 0.1) is 11.6 Å². The molecular formula is C14H8O2. The minimum absolute atomic E-state index is 0.878. The quantitative estimate of drug-likeness (QED) is 0.430. The second-order valence-electron chi connectivity index (χ2n) is 3.88. The van der Waals surface area contributed by atoms with Crippen molar-refractivity contribution in [1.29, 1.82) is 0 Å². The molecule has 0 fully saturated rings. The highest BCUT2D eigenvalue weighted by atomic mass is 16.3. The fraction of sp³-hybridized carbons (Fsp3) is 0. The van der Waals surface area contributed by atoms with Gasteiger partial charge in [-0.2, -0.15) is 0 Å². The van der Waals surface area contributed by atoms with E-state index in [9.17, 15) is 0 Å². The van der Waals surface area contributed by atoms with E-state index in [1.165, 1.54) is 0 Å². The van der Waals surface area contributed by atoms with E-state index in [0.717, 1.165) is 32.9 Å². The Morgan fingerprint density at radius 3 is 2.75 bits per heavy atom. The van der Waals surface area contributed by atoms with Crippen LogP contribution in [0.2, 0.25) is 0 Å². The number of furan rings is 2. The van der Waals surface area contributed by atoms with Gasteiger partial charge in [-0.05, 0) is 24.3 Å². The van der Waals surface area contributed by atoms with E-state index < -0.39 is 0 Å². The first-order chi connectivity index (χ1) is 7.93. The van der Waals surface area contributed by atoms with Gasteiger partial charge in [0.2, 0.25) is 0 Å². The molecule has 0 N–H and O–H groups in total. The molecular weight excluding hydrogens is 200 g/mol. The summed E-state index contributed by atoms with van der Waals surface area (Å²) in [6.45, 7) is 0. The molecule has 0 aliphatic rings. The summed E-state index contributed by atoms with van der Waals surface area (Å²) in [5, 5.41) is 3.29. The zero-order chi connectivity index (χ0) is 10.5. The Labute approximate surface area is 91.1 Å². The summed E-state index contributed by atoms with van der Waals surface area (Å²) in [4.78, 5) is 0. The molecule has 0 saturated heterocycles. The van der Waals surface area contributed by atoms with Crippen molar-refractivity contribution in [2.24, 2.45) is 0 Å². The lowest BCUT2D eigenvalue weighted by Gasteiger charge is -1.90. The SMILES string of the molecule is c1ccc2c(c1)oc1ccc3ccoc3c12. The zero-order valence-corrected chi connectivity index (χ0v) is 8.44. The molecule has 0 radical (unpaired) electrons. The van der Waals surface area contributed by atoms with Gasteiger partial charge in [-0.25, -0.2) is 0 Å². The normalized spacial score (nSPS) is 11.8. The lowest BCUT2D eigenvalue weighted by atomic mass is 10.1. The van der Waals surface area contributed by atoms with E-state index in [2.05, 4.69) is 6.07 Å². The second kappa shape index (κ2) is 2.67. The highest BCUT2D eigenvalue weighted by Crippen LogP contribution is 2.34. The Morgan fingerprint density at radius 1 is 0.812 bits per heavy atom. The third-order valence-electron chi connectivity index (χ3n) is 2.96. The van der Waals surface area contributed by atoms with Crippen molar-refractivity contribution < 1.29 is 8.83 Å². The molecule has 0 aliphatic carbocycles. The van der Waals surface area contributed by atoms with Crippen LogP contribution in [0.3, 0.4) is 0 Å². The van der Waals surface area contributed by atoms with Crippen molar-refractivity contribution in [3.05, 3.63) is 48.7 Å². The number of para-hydroxylation sites is 1. The van der Waals surface area contributed by atoms with Gasteiger partial charge in [0, 0.05) is 10.8 Å². The summed E-state index contributed by atoms with van der Waals surface area (Å²) in [5.74, 6) is 0. The molecule has 16 heavy (non-hydrogen) atoms. The number of benzene rings is 2. The highest BCUT2D eigenvalue weighted by molar-refractivity contribution is 6.16. The first kappa shape index (κ1) is 7.99. The summed E-state index contributed by atoms with van der Waals surface area (Å²) in [7, 11) is 0. The second-order valence-corrected chi connectivity index (χ2v) is 3.88. The maximum absolute atomic E-state index is 5.77. The minimum Gasteiger partial charge on any atom is -0.464 e. The van der Waals surface area contributed by atoms with Crippen molar-refractivity contribution in [1.82, 2.24) is 0 Å². The van der Waals surface area contributed by atoms with Crippen LogP contribution >= 0.6 is 0 Å². The molecule has 2 heterocycles.